The molecule has 1 saturated carbocycles. The third kappa shape index (κ3) is 3.22. The summed E-state index contributed by atoms with van der Waals surface area (Å²) in [7, 11) is 1.85. The molecule has 0 N–H and O–H groups in total. The van der Waals surface area contributed by atoms with Crippen LogP contribution >= 0.6 is 11.3 Å². The molecule has 2 aliphatic rings. The van der Waals surface area contributed by atoms with Crippen LogP contribution in [0.1, 0.15) is 23.3 Å². The van der Waals surface area contributed by atoms with Gasteiger partial charge in [0.15, 0.2) is 5.69 Å². The van der Waals surface area contributed by atoms with Crippen LogP contribution in [0.2, 0.25) is 0 Å². The van der Waals surface area contributed by atoms with Gasteiger partial charge in [-0.1, -0.05) is 0 Å². The number of hydrogen-bond donors (Lipinski definition) is 0. The normalized spacial score (nSPS) is 24.5. The predicted octanol–water partition coefficient (Wildman–Crippen LogP) is 1.56. The second-order valence-corrected chi connectivity index (χ2v) is 7.10. The van der Waals surface area contributed by atoms with Crippen molar-refractivity contribution in [3.8, 4) is 10.6 Å². The maximum absolute atomic E-state index is 12.2. The van der Waals surface area contributed by atoms with E-state index in [2.05, 4.69) is 15.0 Å². The van der Waals surface area contributed by atoms with Crippen LogP contribution < -0.4 is 0 Å². The van der Waals surface area contributed by atoms with Gasteiger partial charge in [0.1, 0.15) is 11.1 Å². The van der Waals surface area contributed by atoms with Crippen LogP contribution in [0, 0.1) is 0 Å². The molecule has 4 rings (SSSR count). The van der Waals surface area contributed by atoms with E-state index in [0.29, 0.717) is 11.7 Å². The second-order valence-electron chi connectivity index (χ2n) is 6.24. The smallest absolute Gasteiger partial charge is 0.358 e. The molecule has 0 amide bonds. The Morgan fingerprint density at radius 1 is 1.38 bits per heavy atom. The van der Waals surface area contributed by atoms with E-state index >= 15 is 0 Å². The number of nitrogens with zero attached hydrogens (tertiary/aromatic N) is 4. The van der Waals surface area contributed by atoms with Gasteiger partial charge in [-0.25, -0.2) is 9.78 Å². The molecule has 1 aliphatic heterocycles. The number of thiazole rings is 1. The number of carbonyl (C=O) groups is 1. The minimum absolute atomic E-state index is 0.00823. The van der Waals surface area contributed by atoms with Crippen molar-refractivity contribution in [1.82, 2.24) is 19.7 Å². The molecule has 0 spiro atoms. The van der Waals surface area contributed by atoms with Crippen molar-refractivity contribution in [3.05, 3.63) is 23.5 Å². The van der Waals surface area contributed by atoms with Crippen molar-refractivity contribution in [3.63, 3.8) is 0 Å². The third-order valence-corrected chi connectivity index (χ3v) is 5.46. The van der Waals surface area contributed by atoms with E-state index in [9.17, 15) is 4.79 Å². The molecule has 0 atom stereocenters. The van der Waals surface area contributed by atoms with Gasteiger partial charge in [-0.05, 0) is 0 Å². The van der Waals surface area contributed by atoms with Gasteiger partial charge in [0, 0.05) is 56.2 Å². The van der Waals surface area contributed by atoms with Crippen LogP contribution in [0.15, 0.2) is 17.8 Å². The van der Waals surface area contributed by atoms with Gasteiger partial charge in [0.05, 0.1) is 19.4 Å². The highest BCUT2D eigenvalue weighted by molar-refractivity contribution is 7.13. The maximum atomic E-state index is 12.2. The fourth-order valence-corrected chi connectivity index (χ4v) is 3.88. The van der Waals surface area contributed by atoms with Crippen molar-refractivity contribution in [2.45, 2.75) is 25.0 Å². The van der Waals surface area contributed by atoms with Gasteiger partial charge in [-0.2, -0.15) is 5.10 Å². The predicted molar refractivity (Wildman–Crippen MR) is 88.9 cm³/mol. The maximum Gasteiger partial charge on any atom is 0.358 e. The zero-order chi connectivity index (χ0) is 16.5. The minimum Gasteiger partial charge on any atom is -0.458 e. The van der Waals surface area contributed by atoms with Crippen molar-refractivity contribution in [2.24, 2.45) is 7.05 Å². The first kappa shape index (κ1) is 15.7. The topological polar surface area (TPSA) is 69.5 Å². The molecule has 0 radical (unpaired) electrons. The molecule has 1 saturated heterocycles. The lowest BCUT2D eigenvalue weighted by Crippen LogP contribution is -2.52. The Labute approximate surface area is 144 Å². The number of carbonyl (C=O) groups excluding carboxylic acids is 1. The van der Waals surface area contributed by atoms with Gasteiger partial charge >= 0.3 is 5.97 Å². The molecule has 24 heavy (non-hydrogen) atoms. The van der Waals surface area contributed by atoms with Crippen molar-refractivity contribution < 1.29 is 14.3 Å². The van der Waals surface area contributed by atoms with Crippen LogP contribution in [0.5, 0.6) is 0 Å². The highest BCUT2D eigenvalue weighted by atomic mass is 32.1. The summed E-state index contributed by atoms with van der Waals surface area (Å²) in [6.45, 7) is 3.56. The number of morpholine rings is 1. The second kappa shape index (κ2) is 6.62. The van der Waals surface area contributed by atoms with Crippen molar-refractivity contribution in [2.75, 3.05) is 26.3 Å². The number of aromatic nitrogens is 3. The molecule has 128 valence electrons. The molecule has 2 aromatic heterocycles. The Hall–Kier alpha value is -1.77. The van der Waals surface area contributed by atoms with E-state index < -0.39 is 0 Å². The first-order valence-electron chi connectivity index (χ1n) is 8.16. The lowest BCUT2D eigenvalue weighted by atomic mass is 9.87. The summed E-state index contributed by atoms with van der Waals surface area (Å²) in [5.41, 5.74) is 1.30. The number of aryl methyl sites for hydroxylation is 1. The summed E-state index contributed by atoms with van der Waals surface area (Å²) in [4.78, 5) is 19.1. The highest BCUT2D eigenvalue weighted by Crippen LogP contribution is 2.30. The van der Waals surface area contributed by atoms with E-state index in [1.807, 2.05) is 13.2 Å². The van der Waals surface area contributed by atoms with Crippen molar-refractivity contribution in [1.29, 1.82) is 0 Å². The summed E-state index contributed by atoms with van der Waals surface area (Å²) < 4.78 is 12.7. The zero-order valence-corrected chi connectivity index (χ0v) is 14.4. The number of rotatable bonds is 4. The van der Waals surface area contributed by atoms with Gasteiger partial charge in [-0.3, -0.25) is 9.58 Å². The minimum atomic E-state index is -0.327. The Morgan fingerprint density at radius 2 is 2.17 bits per heavy atom. The molecule has 8 heteroatoms. The number of ether oxygens (including phenoxy) is 2. The molecular formula is C16H20N4O3S. The lowest BCUT2D eigenvalue weighted by molar-refractivity contribution is -0.0567. The monoisotopic (exact) mass is 348 g/mol. The van der Waals surface area contributed by atoms with E-state index in [1.165, 1.54) is 11.3 Å². The molecule has 3 heterocycles. The Morgan fingerprint density at radius 3 is 2.88 bits per heavy atom. The SMILES string of the molecule is Cn1cc(-c2nc(C(=O)OC3CC(N4CCOCC4)C3)cs2)cn1. The molecule has 0 unspecified atom stereocenters. The third-order valence-electron chi connectivity index (χ3n) is 4.57. The van der Waals surface area contributed by atoms with Crippen LogP contribution in [0.4, 0.5) is 0 Å². The Bertz CT molecular complexity index is 716. The summed E-state index contributed by atoms with van der Waals surface area (Å²) >= 11 is 1.43. The summed E-state index contributed by atoms with van der Waals surface area (Å²) in [5.74, 6) is -0.327. The zero-order valence-electron chi connectivity index (χ0n) is 13.6. The van der Waals surface area contributed by atoms with Gasteiger partial charge in [-0.15, -0.1) is 11.3 Å². The van der Waals surface area contributed by atoms with E-state index in [4.69, 9.17) is 9.47 Å². The van der Waals surface area contributed by atoms with Gasteiger partial charge in [0.2, 0.25) is 0 Å². The molecule has 0 bridgehead atoms. The van der Waals surface area contributed by atoms with E-state index in [1.54, 1.807) is 16.3 Å². The van der Waals surface area contributed by atoms with Crippen LogP contribution in [0.25, 0.3) is 10.6 Å². The highest BCUT2D eigenvalue weighted by Gasteiger charge is 2.37. The quantitative estimate of drug-likeness (QED) is 0.781. The molecule has 2 aromatic rings. The Balaban J connectivity index is 1.30. The first-order chi connectivity index (χ1) is 11.7. The summed E-state index contributed by atoms with van der Waals surface area (Å²) in [6.07, 6.45) is 5.45. The number of esters is 1. The lowest BCUT2D eigenvalue weighted by Gasteiger charge is -2.43. The fourth-order valence-electron chi connectivity index (χ4n) is 3.12. The van der Waals surface area contributed by atoms with Crippen LogP contribution in [-0.2, 0) is 16.5 Å². The summed E-state index contributed by atoms with van der Waals surface area (Å²) in [6, 6.07) is 0.521. The van der Waals surface area contributed by atoms with Gasteiger partial charge < -0.3 is 9.47 Å². The van der Waals surface area contributed by atoms with Crippen molar-refractivity contribution >= 4 is 17.3 Å². The largest absolute Gasteiger partial charge is 0.458 e. The fraction of sp³-hybridized carbons (Fsp3) is 0.562. The first-order valence-corrected chi connectivity index (χ1v) is 9.04. The van der Waals surface area contributed by atoms with E-state index in [-0.39, 0.29) is 12.1 Å². The van der Waals surface area contributed by atoms with E-state index in [0.717, 1.165) is 49.7 Å². The van der Waals surface area contributed by atoms with Gasteiger partial charge in [0.25, 0.3) is 0 Å². The average Bonchev–Trinajstić information content (AvgIpc) is 3.20. The molecule has 0 aromatic carbocycles. The standard InChI is InChI=1S/C16H20N4O3S/c1-19-9-11(8-17-19)15-18-14(10-24-15)16(21)23-13-6-12(7-13)20-2-4-22-5-3-20/h8-10,12-13H,2-7H2,1H3. The van der Waals surface area contributed by atoms with Crippen LogP contribution in [-0.4, -0.2) is 64.1 Å². The molecular weight excluding hydrogens is 328 g/mol. The summed E-state index contributed by atoms with van der Waals surface area (Å²) in [5, 5.41) is 6.66. The van der Waals surface area contributed by atoms with Crippen LogP contribution in [0.3, 0.4) is 0 Å². The number of hydrogen-bond acceptors (Lipinski definition) is 7. The molecule has 2 fully saturated rings. The molecule has 1 aliphatic carbocycles. The average molecular weight is 348 g/mol. The molecule has 7 nitrogen and oxygen atoms in total. The Kier molecular flexibility index (Phi) is 4.34.